The first-order chi connectivity index (χ1) is 16.9. The molecule has 4 aliphatic rings. The number of rotatable bonds is 9. The highest BCUT2D eigenvalue weighted by atomic mass is 28.4. The first kappa shape index (κ1) is 28.2. The predicted molar refractivity (Wildman–Crippen MR) is 146 cm³/mol. The zero-order chi connectivity index (χ0) is 26.3. The average molecular weight is 521 g/mol. The molecule has 3 fully saturated rings. The first-order valence-electron chi connectivity index (χ1n) is 14.5. The van der Waals surface area contributed by atoms with Crippen LogP contribution in [0.15, 0.2) is 11.8 Å². The Labute approximate surface area is 221 Å². The minimum atomic E-state index is -1.61. The quantitative estimate of drug-likeness (QED) is 0.183. The maximum atomic E-state index is 11.8. The number of hydrogen-bond acceptors (Lipinski definition) is 5. The number of carbonyl (C=O) groups is 1. The van der Waals surface area contributed by atoms with Crippen LogP contribution in [0.3, 0.4) is 0 Å². The summed E-state index contributed by atoms with van der Waals surface area (Å²) in [5.41, 5.74) is 0.644. The van der Waals surface area contributed by atoms with E-state index >= 15 is 0 Å². The third-order valence-electron chi connectivity index (χ3n) is 10.9. The third-order valence-corrected chi connectivity index (χ3v) is 11.8. The van der Waals surface area contributed by atoms with Crippen molar-refractivity contribution in [3.05, 3.63) is 11.8 Å². The predicted octanol–water partition coefficient (Wildman–Crippen LogP) is 7.18. The molecule has 206 valence electrons. The molecular weight excluding hydrogens is 468 g/mol. The van der Waals surface area contributed by atoms with Gasteiger partial charge in [-0.2, -0.15) is 0 Å². The Morgan fingerprint density at radius 3 is 2.50 bits per heavy atom. The Kier molecular flexibility index (Phi) is 8.39. The number of hydrogen-bond donors (Lipinski definition) is 0. The van der Waals surface area contributed by atoms with Crippen LogP contribution in [0.2, 0.25) is 19.6 Å². The van der Waals surface area contributed by atoms with E-state index in [2.05, 4.69) is 46.5 Å². The van der Waals surface area contributed by atoms with Crippen LogP contribution >= 0.6 is 0 Å². The second-order valence-corrected chi connectivity index (χ2v) is 18.4. The Balaban J connectivity index is 1.58. The minimum absolute atomic E-state index is 0.0765. The van der Waals surface area contributed by atoms with Gasteiger partial charge in [-0.1, -0.05) is 20.8 Å². The van der Waals surface area contributed by atoms with Crippen LogP contribution in [0.1, 0.15) is 78.6 Å². The van der Waals surface area contributed by atoms with E-state index in [4.69, 9.17) is 18.6 Å². The fourth-order valence-electron chi connectivity index (χ4n) is 9.22. The summed E-state index contributed by atoms with van der Waals surface area (Å²) < 4.78 is 23.4. The number of esters is 1. The fourth-order valence-corrected chi connectivity index (χ4v) is 10.2. The highest BCUT2D eigenvalue weighted by molar-refractivity contribution is 6.70. The van der Waals surface area contributed by atoms with Crippen LogP contribution < -0.4 is 0 Å². The van der Waals surface area contributed by atoms with Crippen molar-refractivity contribution in [1.29, 1.82) is 0 Å². The topological polar surface area (TPSA) is 54.0 Å². The van der Waals surface area contributed by atoms with Crippen molar-refractivity contribution in [1.82, 2.24) is 0 Å². The smallest absolute Gasteiger partial charge is 0.305 e. The molecule has 0 heterocycles. The lowest BCUT2D eigenvalue weighted by atomic mass is 9.44. The van der Waals surface area contributed by atoms with Crippen LogP contribution in [0.5, 0.6) is 0 Å². The molecule has 3 saturated carbocycles. The Morgan fingerprint density at radius 2 is 1.83 bits per heavy atom. The molecule has 1 unspecified atom stereocenters. The van der Waals surface area contributed by atoms with Crippen molar-refractivity contribution in [2.45, 2.75) is 104 Å². The summed E-state index contributed by atoms with van der Waals surface area (Å²) in [4.78, 5) is 11.8. The summed E-state index contributed by atoms with van der Waals surface area (Å²) >= 11 is 0. The molecule has 9 atom stereocenters. The highest BCUT2D eigenvalue weighted by Gasteiger charge is 2.63. The summed E-state index contributed by atoms with van der Waals surface area (Å²) in [6.07, 6.45) is 12.6. The molecule has 4 rings (SSSR count). The van der Waals surface area contributed by atoms with E-state index in [1.807, 2.05) is 0 Å². The van der Waals surface area contributed by atoms with Crippen LogP contribution in [0.4, 0.5) is 0 Å². The van der Waals surface area contributed by atoms with Crippen molar-refractivity contribution in [3.8, 4) is 0 Å². The van der Waals surface area contributed by atoms with Gasteiger partial charge in [0.1, 0.15) is 6.79 Å². The van der Waals surface area contributed by atoms with Gasteiger partial charge in [-0.25, -0.2) is 0 Å². The second-order valence-electron chi connectivity index (χ2n) is 14.0. The molecule has 0 amide bonds. The molecule has 0 bridgehead atoms. The third kappa shape index (κ3) is 5.33. The van der Waals surface area contributed by atoms with Gasteiger partial charge in [0.15, 0.2) is 0 Å². The summed E-state index contributed by atoms with van der Waals surface area (Å²) in [5.74, 6) is 4.94. The van der Waals surface area contributed by atoms with E-state index in [0.29, 0.717) is 59.6 Å². The molecule has 0 aliphatic heterocycles. The van der Waals surface area contributed by atoms with Crippen molar-refractivity contribution in [2.75, 3.05) is 21.0 Å². The molecule has 0 aromatic carbocycles. The summed E-state index contributed by atoms with van der Waals surface area (Å²) in [6.45, 7) is 14.8. The van der Waals surface area contributed by atoms with E-state index < -0.39 is 8.32 Å². The summed E-state index contributed by atoms with van der Waals surface area (Å²) in [5, 5.41) is 0. The van der Waals surface area contributed by atoms with Crippen LogP contribution in [-0.2, 0) is 23.4 Å². The number of methoxy groups -OCH3 is 2. The molecule has 0 aromatic rings. The van der Waals surface area contributed by atoms with Gasteiger partial charge in [-0.3, -0.25) is 4.79 Å². The van der Waals surface area contributed by atoms with Crippen molar-refractivity contribution >= 4 is 14.3 Å². The number of allylic oxidation sites excluding steroid dienone is 2. The van der Waals surface area contributed by atoms with Crippen molar-refractivity contribution < 1.29 is 23.4 Å². The standard InChI is InChI=1S/C30H52O5Si/c1-20(9-12-27(31)33-5)23-10-11-24-28-25(14-16-30(23,24)3)29(2)15-13-22(35-36(6,7)8)17-21(29)18-26(28)34-19-32-4/h13,20-21,23-26,28H,9-12,14-19H2,1-8H3/t20?,21-,23+,24-,25-,26+,28-,29-,30+/m0/s1. The maximum Gasteiger partial charge on any atom is 0.305 e. The van der Waals surface area contributed by atoms with E-state index in [-0.39, 0.29) is 12.1 Å². The number of fused-ring (bicyclic) bond motifs is 5. The lowest BCUT2D eigenvalue weighted by Gasteiger charge is -2.62. The van der Waals surface area contributed by atoms with Crippen molar-refractivity contribution in [2.24, 2.45) is 46.3 Å². The van der Waals surface area contributed by atoms with Crippen LogP contribution in [-0.4, -0.2) is 41.4 Å². The van der Waals surface area contributed by atoms with E-state index in [1.54, 1.807) is 7.11 Å². The largest absolute Gasteiger partial charge is 0.548 e. The zero-order valence-electron chi connectivity index (χ0n) is 24.2. The second kappa shape index (κ2) is 10.7. The summed E-state index contributed by atoms with van der Waals surface area (Å²) in [6, 6.07) is 0. The highest BCUT2D eigenvalue weighted by Crippen LogP contribution is 2.68. The van der Waals surface area contributed by atoms with Crippen LogP contribution in [0, 0.1) is 46.3 Å². The lowest BCUT2D eigenvalue weighted by Crippen LogP contribution is -2.58. The van der Waals surface area contributed by atoms with Gasteiger partial charge >= 0.3 is 5.97 Å². The van der Waals surface area contributed by atoms with Gasteiger partial charge in [0.05, 0.1) is 19.0 Å². The van der Waals surface area contributed by atoms with E-state index in [0.717, 1.165) is 25.7 Å². The minimum Gasteiger partial charge on any atom is -0.548 e. The fraction of sp³-hybridized carbons (Fsp3) is 0.900. The van der Waals surface area contributed by atoms with E-state index in [9.17, 15) is 4.79 Å². The Morgan fingerprint density at radius 1 is 1.11 bits per heavy atom. The Hall–Kier alpha value is -0.853. The van der Waals surface area contributed by atoms with Gasteiger partial charge in [0.2, 0.25) is 8.32 Å². The average Bonchev–Trinajstić information content (AvgIpc) is 3.17. The molecule has 6 heteroatoms. The Bertz CT molecular complexity index is 821. The van der Waals surface area contributed by atoms with Crippen molar-refractivity contribution in [3.63, 3.8) is 0 Å². The maximum absolute atomic E-state index is 11.8. The van der Waals surface area contributed by atoms with Gasteiger partial charge < -0.3 is 18.6 Å². The van der Waals surface area contributed by atoms with Gasteiger partial charge in [0.25, 0.3) is 0 Å². The SMILES string of the molecule is COCO[C@@H]1C[C@@H]2CC(O[Si](C)(C)C)=CC[C@]2(C)[C@H]2CC[C@]3(C)[C@@H](C(C)CCC(=O)OC)CC[C@H]3[C@H]12. The van der Waals surface area contributed by atoms with Gasteiger partial charge in [0, 0.05) is 20.0 Å². The first-order valence-corrected chi connectivity index (χ1v) is 17.9. The summed E-state index contributed by atoms with van der Waals surface area (Å²) in [7, 11) is 1.63. The lowest BCUT2D eigenvalue weighted by molar-refractivity contribution is -0.196. The zero-order valence-corrected chi connectivity index (χ0v) is 25.2. The van der Waals surface area contributed by atoms with Crippen LogP contribution in [0.25, 0.3) is 0 Å². The van der Waals surface area contributed by atoms with E-state index in [1.165, 1.54) is 38.6 Å². The number of carbonyl (C=O) groups excluding carboxylic acids is 1. The molecule has 0 radical (unpaired) electrons. The molecule has 36 heavy (non-hydrogen) atoms. The number of ether oxygens (including phenoxy) is 3. The monoisotopic (exact) mass is 520 g/mol. The molecule has 0 saturated heterocycles. The van der Waals surface area contributed by atoms with Gasteiger partial charge in [-0.05, 0) is 117 Å². The van der Waals surface area contributed by atoms with Gasteiger partial charge in [-0.15, -0.1) is 0 Å². The molecule has 0 spiro atoms. The molecule has 0 aromatic heterocycles. The molecule has 0 N–H and O–H groups in total. The molecular formula is C30H52O5Si. The normalized spacial score (nSPS) is 40.9. The molecule has 5 nitrogen and oxygen atoms in total. The molecule has 4 aliphatic carbocycles.